The summed E-state index contributed by atoms with van der Waals surface area (Å²) >= 11 is 0. The molecule has 0 N–H and O–H groups in total. The number of fused-ring (bicyclic) bond motifs is 7. The zero-order valence-electron chi connectivity index (χ0n) is 27.6. The number of aromatic nitrogens is 3. The van der Waals surface area contributed by atoms with Crippen molar-refractivity contribution in [3.8, 4) is 39.3 Å². The van der Waals surface area contributed by atoms with Gasteiger partial charge in [0.1, 0.15) is 17.1 Å². The fourth-order valence-corrected chi connectivity index (χ4v) is 7.93. The molecule has 234 valence electrons. The average molecular weight is 632 g/mol. The summed E-state index contributed by atoms with van der Waals surface area (Å²) in [6.45, 7) is 10.6. The normalized spacial score (nSPS) is 13.4. The average Bonchev–Trinajstić information content (AvgIpc) is 3.59. The van der Waals surface area contributed by atoms with E-state index in [4.69, 9.17) is 15.2 Å². The molecule has 0 atom stereocenters. The van der Waals surface area contributed by atoms with Crippen molar-refractivity contribution in [3.63, 3.8) is 0 Å². The number of nitrogens with zero attached hydrogens (tertiary/aromatic N) is 5. The summed E-state index contributed by atoms with van der Waals surface area (Å²) in [6.07, 6.45) is 1.80. The van der Waals surface area contributed by atoms with E-state index in [0.29, 0.717) is 22.9 Å². The van der Waals surface area contributed by atoms with Gasteiger partial charge in [-0.2, -0.15) is 0 Å². The molecule has 6 aromatic carbocycles. The first-order chi connectivity index (χ1) is 24.0. The third-order valence-electron chi connectivity index (χ3n) is 10.1. The molecule has 0 saturated carbocycles. The molecule has 0 saturated heterocycles. The Bertz CT molecular complexity index is 2660. The van der Waals surface area contributed by atoms with Gasteiger partial charge in [0.2, 0.25) is 0 Å². The van der Waals surface area contributed by atoms with Crippen molar-refractivity contribution in [2.24, 2.45) is 9.98 Å². The van der Waals surface area contributed by atoms with Gasteiger partial charge in [0.05, 0.1) is 11.0 Å². The lowest BCUT2D eigenvalue weighted by atomic mass is 9.82. The smallest absolute Gasteiger partial charge is 0.188 e. The minimum atomic E-state index is -0.149. The number of rotatable bonds is 5. The topological polar surface area (TPSA) is 55.4 Å². The van der Waals surface area contributed by atoms with Crippen LogP contribution in [0.5, 0.6) is 0 Å². The van der Waals surface area contributed by atoms with Gasteiger partial charge in [-0.1, -0.05) is 123 Å². The SMILES string of the molecule is C=Nc1c(-c2cccc3c2-c2ccccc2C3(C)C)nnc(-n2c3cc4ccccc4cc3c3c(-c4ccccc4)cccc32)c1N=CC. The van der Waals surface area contributed by atoms with E-state index >= 15 is 0 Å². The summed E-state index contributed by atoms with van der Waals surface area (Å²) in [5.41, 5.74) is 12.0. The first kappa shape index (κ1) is 29.0. The Kier molecular flexibility index (Phi) is 6.46. The van der Waals surface area contributed by atoms with Crippen LogP contribution < -0.4 is 0 Å². The lowest BCUT2D eigenvalue weighted by Crippen LogP contribution is -2.14. The van der Waals surface area contributed by atoms with Crippen molar-refractivity contribution in [2.45, 2.75) is 26.2 Å². The predicted molar refractivity (Wildman–Crippen MR) is 205 cm³/mol. The molecule has 9 rings (SSSR count). The van der Waals surface area contributed by atoms with Gasteiger partial charge in [-0.15, -0.1) is 10.2 Å². The van der Waals surface area contributed by atoms with E-state index < -0.39 is 0 Å². The molecule has 49 heavy (non-hydrogen) atoms. The molecule has 5 nitrogen and oxygen atoms in total. The quantitative estimate of drug-likeness (QED) is 0.177. The van der Waals surface area contributed by atoms with E-state index in [1.54, 1.807) is 6.21 Å². The Morgan fingerprint density at radius 2 is 1.33 bits per heavy atom. The highest BCUT2D eigenvalue weighted by Gasteiger charge is 2.37. The molecule has 2 aromatic heterocycles. The molecule has 8 aromatic rings. The van der Waals surface area contributed by atoms with Gasteiger partial charge < -0.3 is 0 Å². The van der Waals surface area contributed by atoms with E-state index in [1.807, 2.05) is 6.92 Å². The molecule has 0 aliphatic heterocycles. The second kappa shape index (κ2) is 10.9. The van der Waals surface area contributed by atoms with Gasteiger partial charge in [-0.3, -0.25) is 14.6 Å². The molecule has 0 bridgehead atoms. The number of hydrogen-bond acceptors (Lipinski definition) is 4. The summed E-state index contributed by atoms with van der Waals surface area (Å²) in [5, 5.41) is 14.6. The van der Waals surface area contributed by atoms with Crippen LogP contribution in [0.1, 0.15) is 31.9 Å². The van der Waals surface area contributed by atoms with Crippen molar-refractivity contribution in [1.82, 2.24) is 14.8 Å². The molecular weight excluding hydrogens is 599 g/mol. The maximum atomic E-state index is 5.04. The minimum Gasteiger partial charge on any atom is -0.290 e. The lowest BCUT2D eigenvalue weighted by molar-refractivity contribution is 0.660. The highest BCUT2D eigenvalue weighted by molar-refractivity contribution is 6.19. The molecule has 2 heterocycles. The fourth-order valence-electron chi connectivity index (χ4n) is 7.93. The van der Waals surface area contributed by atoms with Gasteiger partial charge in [0.25, 0.3) is 0 Å². The predicted octanol–water partition coefficient (Wildman–Crippen LogP) is 11.4. The Labute approximate surface area is 285 Å². The van der Waals surface area contributed by atoms with Crippen LogP contribution in [0.4, 0.5) is 11.4 Å². The summed E-state index contributed by atoms with van der Waals surface area (Å²) < 4.78 is 2.20. The van der Waals surface area contributed by atoms with Crippen LogP contribution in [0, 0.1) is 0 Å². The van der Waals surface area contributed by atoms with Crippen LogP contribution in [0.15, 0.2) is 137 Å². The third-order valence-corrected chi connectivity index (χ3v) is 10.1. The molecule has 1 aliphatic rings. The van der Waals surface area contributed by atoms with Gasteiger partial charge in [0.15, 0.2) is 5.82 Å². The number of hydrogen-bond donors (Lipinski definition) is 0. The van der Waals surface area contributed by atoms with Gasteiger partial charge in [-0.25, -0.2) is 0 Å². The largest absolute Gasteiger partial charge is 0.290 e. The highest BCUT2D eigenvalue weighted by atomic mass is 15.2. The Balaban J connectivity index is 1.38. The molecular formula is C44H33N5. The summed E-state index contributed by atoms with van der Waals surface area (Å²) in [4.78, 5) is 9.61. The van der Waals surface area contributed by atoms with E-state index in [-0.39, 0.29) is 5.41 Å². The standard InChI is InChI=1S/C44H33N5/c1-5-46-42-41(45-4)40(32-21-13-23-35-38(32)31-19-11-12-22-34(31)44(35,2)3)47-48-43(42)49-36-24-14-20-30(27-15-7-6-8-16-27)39(36)33-25-28-17-9-10-18-29(28)26-37(33)49/h5-26H,4H2,1-3H3. The summed E-state index contributed by atoms with van der Waals surface area (Å²) in [5.74, 6) is 0.609. The van der Waals surface area contributed by atoms with Gasteiger partial charge in [-0.05, 0) is 76.0 Å². The van der Waals surface area contributed by atoms with Crippen molar-refractivity contribution in [3.05, 3.63) is 139 Å². The lowest BCUT2D eigenvalue weighted by Gasteiger charge is -2.21. The van der Waals surface area contributed by atoms with E-state index in [1.165, 1.54) is 22.1 Å². The second-order valence-electron chi connectivity index (χ2n) is 13.1. The molecule has 0 unspecified atom stereocenters. The van der Waals surface area contributed by atoms with E-state index in [0.717, 1.165) is 49.4 Å². The van der Waals surface area contributed by atoms with Crippen LogP contribution in [0.2, 0.25) is 0 Å². The molecule has 0 spiro atoms. The first-order valence-corrected chi connectivity index (χ1v) is 16.6. The maximum absolute atomic E-state index is 5.04. The zero-order chi connectivity index (χ0) is 33.3. The number of benzene rings is 6. The summed E-state index contributed by atoms with van der Waals surface area (Å²) in [7, 11) is 0. The van der Waals surface area contributed by atoms with Crippen molar-refractivity contribution >= 4 is 56.9 Å². The monoisotopic (exact) mass is 631 g/mol. The first-order valence-electron chi connectivity index (χ1n) is 16.6. The van der Waals surface area contributed by atoms with Crippen LogP contribution in [-0.2, 0) is 5.41 Å². The van der Waals surface area contributed by atoms with Gasteiger partial charge >= 0.3 is 0 Å². The highest BCUT2D eigenvalue weighted by Crippen LogP contribution is 2.54. The molecule has 5 heteroatoms. The summed E-state index contributed by atoms with van der Waals surface area (Å²) in [6, 6.07) is 45.1. The van der Waals surface area contributed by atoms with Crippen LogP contribution in [0.25, 0.3) is 71.9 Å². The Morgan fingerprint density at radius 1 is 0.653 bits per heavy atom. The molecule has 0 amide bonds. The Morgan fingerprint density at radius 3 is 2.12 bits per heavy atom. The maximum Gasteiger partial charge on any atom is 0.188 e. The van der Waals surface area contributed by atoms with Crippen LogP contribution >= 0.6 is 0 Å². The van der Waals surface area contributed by atoms with Crippen LogP contribution in [0.3, 0.4) is 0 Å². The van der Waals surface area contributed by atoms with Crippen molar-refractivity contribution in [2.75, 3.05) is 0 Å². The Hall–Kier alpha value is -6.20. The van der Waals surface area contributed by atoms with E-state index in [9.17, 15) is 0 Å². The van der Waals surface area contributed by atoms with E-state index in [2.05, 4.69) is 158 Å². The minimum absolute atomic E-state index is 0.149. The van der Waals surface area contributed by atoms with Crippen LogP contribution in [-0.4, -0.2) is 27.7 Å². The number of aliphatic imine (C=N–C) groups is 2. The van der Waals surface area contributed by atoms with Gasteiger partial charge in [0, 0.05) is 28.0 Å². The zero-order valence-corrected chi connectivity index (χ0v) is 27.6. The fraction of sp³-hybridized carbons (Fsp3) is 0.0909. The molecule has 0 fully saturated rings. The molecule has 1 aliphatic carbocycles. The third kappa shape index (κ3) is 4.18. The second-order valence-corrected chi connectivity index (χ2v) is 13.1. The van der Waals surface area contributed by atoms with Crippen molar-refractivity contribution < 1.29 is 0 Å². The molecule has 0 radical (unpaired) electrons. The van der Waals surface area contributed by atoms with Crippen molar-refractivity contribution in [1.29, 1.82) is 0 Å².